The maximum absolute atomic E-state index is 14.5. The Bertz CT molecular complexity index is 1440. The first-order chi connectivity index (χ1) is 19.2. The molecule has 0 saturated carbocycles. The number of sulfonamides is 1. The summed E-state index contributed by atoms with van der Waals surface area (Å²) in [6.45, 7) is 7.75. The first-order valence-electron chi connectivity index (χ1n) is 13.7. The van der Waals surface area contributed by atoms with Crippen LogP contribution in [0.25, 0.3) is 0 Å². The number of hydrogen-bond acceptors (Lipinski definition) is 4. The zero-order chi connectivity index (χ0) is 30.2. The molecule has 0 aromatic heterocycles. The summed E-state index contributed by atoms with van der Waals surface area (Å²) >= 11 is 0. The van der Waals surface area contributed by atoms with Crippen LogP contribution in [0.15, 0.2) is 78.9 Å². The highest BCUT2D eigenvalue weighted by molar-refractivity contribution is 7.92. The van der Waals surface area contributed by atoms with Gasteiger partial charge < -0.3 is 10.2 Å². The Hall–Kier alpha value is -3.72. The van der Waals surface area contributed by atoms with Crippen LogP contribution in [-0.4, -0.2) is 49.5 Å². The molecule has 3 rings (SSSR count). The van der Waals surface area contributed by atoms with E-state index < -0.39 is 27.4 Å². The van der Waals surface area contributed by atoms with Gasteiger partial charge in [-0.05, 0) is 57.4 Å². The lowest BCUT2D eigenvalue weighted by Gasteiger charge is -2.34. The van der Waals surface area contributed by atoms with Crippen molar-refractivity contribution in [3.05, 3.63) is 101 Å². The zero-order valence-electron chi connectivity index (χ0n) is 24.4. The van der Waals surface area contributed by atoms with Crippen LogP contribution in [0, 0.1) is 12.7 Å². The number of hydrogen-bond donors (Lipinski definition) is 1. The van der Waals surface area contributed by atoms with E-state index in [-0.39, 0.29) is 43.4 Å². The van der Waals surface area contributed by atoms with Crippen LogP contribution >= 0.6 is 0 Å². The average Bonchev–Trinajstić information content (AvgIpc) is 2.88. The number of nitrogens with zero attached hydrogens (tertiary/aromatic N) is 2. The summed E-state index contributed by atoms with van der Waals surface area (Å²) in [5, 5.41) is 3.03. The van der Waals surface area contributed by atoms with Gasteiger partial charge in [0.2, 0.25) is 21.8 Å². The molecular weight excluding hydrogens is 541 g/mol. The highest BCUT2D eigenvalue weighted by Gasteiger charge is 2.32. The predicted octanol–water partition coefficient (Wildman–Crippen LogP) is 5.24. The van der Waals surface area contributed by atoms with Gasteiger partial charge in [-0.3, -0.25) is 13.9 Å². The minimum absolute atomic E-state index is 0.0274. The van der Waals surface area contributed by atoms with Gasteiger partial charge in [0.15, 0.2) is 0 Å². The number of carbonyl (C=O) groups is 2. The molecule has 1 atom stereocenters. The van der Waals surface area contributed by atoms with Gasteiger partial charge in [0.25, 0.3) is 0 Å². The summed E-state index contributed by atoms with van der Waals surface area (Å²) in [6, 6.07) is 22.1. The van der Waals surface area contributed by atoms with Crippen molar-refractivity contribution in [3.63, 3.8) is 0 Å². The van der Waals surface area contributed by atoms with E-state index in [4.69, 9.17) is 0 Å². The number of nitrogens with one attached hydrogen (secondary N) is 1. The van der Waals surface area contributed by atoms with E-state index in [0.29, 0.717) is 6.42 Å². The van der Waals surface area contributed by atoms with E-state index in [2.05, 4.69) is 5.32 Å². The van der Waals surface area contributed by atoms with Crippen LogP contribution in [0.2, 0.25) is 0 Å². The number of benzene rings is 3. The third kappa shape index (κ3) is 9.70. The second kappa shape index (κ2) is 13.8. The molecule has 0 aliphatic rings. The summed E-state index contributed by atoms with van der Waals surface area (Å²) in [5.41, 5.74) is 2.24. The smallest absolute Gasteiger partial charge is 0.243 e. The molecule has 3 aromatic carbocycles. The maximum atomic E-state index is 14.5. The number of aryl methyl sites for hydroxylation is 1. The summed E-state index contributed by atoms with van der Waals surface area (Å²) in [7, 11) is -3.80. The average molecular weight is 582 g/mol. The summed E-state index contributed by atoms with van der Waals surface area (Å²) in [4.78, 5) is 29.1. The fraction of sp³-hybridized carbons (Fsp3) is 0.375. The van der Waals surface area contributed by atoms with Gasteiger partial charge in [0, 0.05) is 31.5 Å². The quantitative estimate of drug-likeness (QED) is 0.317. The molecule has 0 aliphatic carbocycles. The predicted molar refractivity (Wildman–Crippen MR) is 161 cm³/mol. The lowest BCUT2D eigenvalue weighted by Crippen LogP contribution is -2.54. The van der Waals surface area contributed by atoms with Crippen molar-refractivity contribution in [2.45, 2.75) is 65.1 Å². The largest absolute Gasteiger partial charge is 0.350 e. The normalized spacial score (nSPS) is 12.4. The van der Waals surface area contributed by atoms with Gasteiger partial charge in [-0.2, -0.15) is 0 Å². The molecule has 0 heterocycles. The van der Waals surface area contributed by atoms with Crippen molar-refractivity contribution < 1.29 is 22.4 Å². The molecule has 0 aliphatic heterocycles. The third-order valence-corrected chi connectivity index (χ3v) is 7.66. The van der Waals surface area contributed by atoms with E-state index in [0.717, 1.165) is 27.3 Å². The van der Waals surface area contributed by atoms with Crippen LogP contribution in [0.3, 0.4) is 0 Å². The molecule has 0 bridgehead atoms. The lowest BCUT2D eigenvalue weighted by molar-refractivity contribution is -0.142. The standard InChI is InChI=1S/C32H40FN3O4S/c1-24-13-11-16-26(21-24)23-35(29(31(38)34-32(2,3)4)22-25-14-7-6-8-15-25)30(37)19-12-20-36(41(5,39)40)28-18-10-9-17-27(28)33/h6-11,13-18,21,29H,12,19-20,22-23H2,1-5H3,(H,34,38). The first-order valence-corrected chi connectivity index (χ1v) is 15.5. The van der Waals surface area contributed by atoms with Crippen molar-refractivity contribution in [2.24, 2.45) is 0 Å². The van der Waals surface area contributed by atoms with Crippen molar-refractivity contribution >= 4 is 27.5 Å². The van der Waals surface area contributed by atoms with Crippen molar-refractivity contribution in [1.29, 1.82) is 0 Å². The fourth-order valence-corrected chi connectivity index (χ4v) is 5.62. The van der Waals surface area contributed by atoms with E-state index in [1.54, 1.807) is 11.0 Å². The molecule has 0 fully saturated rings. The molecule has 0 radical (unpaired) electrons. The minimum Gasteiger partial charge on any atom is -0.350 e. The molecule has 220 valence electrons. The van der Waals surface area contributed by atoms with Crippen LogP contribution in [0.5, 0.6) is 0 Å². The summed E-state index contributed by atoms with van der Waals surface area (Å²) in [5.74, 6) is -1.22. The van der Waals surface area contributed by atoms with Gasteiger partial charge in [0.1, 0.15) is 11.9 Å². The monoisotopic (exact) mass is 581 g/mol. The Morgan fingerprint density at radius 3 is 2.17 bits per heavy atom. The summed E-state index contributed by atoms with van der Waals surface area (Å²) in [6.07, 6.45) is 1.44. The number of rotatable bonds is 12. The SMILES string of the molecule is Cc1cccc(CN(C(=O)CCCN(c2ccccc2F)S(C)(=O)=O)C(Cc2ccccc2)C(=O)NC(C)(C)C)c1. The Labute approximate surface area is 243 Å². The van der Waals surface area contributed by atoms with Gasteiger partial charge in [-0.1, -0.05) is 72.3 Å². The van der Waals surface area contributed by atoms with E-state index in [1.807, 2.05) is 82.3 Å². The molecule has 0 saturated heterocycles. The molecule has 1 N–H and O–H groups in total. The molecule has 3 aromatic rings. The van der Waals surface area contributed by atoms with E-state index in [1.165, 1.54) is 18.2 Å². The molecular formula is C32H40FN3O4S. The lowest BCUT2D eigenvalue weighted by atomic mass is 10.00. The van der Waals surface area contributed by atoms with Crippen LogP contribution < -0.4 is 9.62 Å². The molecule has 9 heteroatoms. The van der Waals surface area contributed by atoms with E-state index in [9.17, 15) is 22.4 Å². The Kier molecular flexibility index (Phi) is 10.7. The van der Waals surface area contributed by atoms with Crippen LogP contribution in [0.1, 0.15) is 50.3 Å². The second-order valence-corrected chi connectivity index (χ2v) is 13.3. The number of anilines is 1. The van der Waals surface area contributed by atoms with Crippen molar-refractivity contribution in [2.75, 3.05) is 17.1 Å². The topological polar surface area (TPSA) is 86.8 Å². The fourth-order valence-electron chi connectivity index (χ4n) is 4.65. The minimum atomic E-state index is -3.80. The first kappa shape index (κ1) is 31.8. The second-order valence-electron chi connectivity index (χ2n) is 11.3. The van der Waals surface area contributed by atoms with Crippen molar-refractivity contribution in [1.82, 2.24) is 10.2 Å². The third-order valence-electron chi connectivity index (χ3n) is 6.48. The Morgan fingerprint density at radius 2 is 1.56 bits per heavy atom. The van der Waals surface area contributed by atoms with Crippen LogP contribution in [-0.2, 0) is 32.6 Å². The number of carbonyl (C=O) groups excluding carboxylic acids is 2. The van der Waals surface area contributed by atoms with Crippen LogP contribution in [0.4, 0.5) is 10.1 Å². The molecule has 7 nitrogen and oxygen atoms in total. The molecule has 0 spiro atoms. The Morgan fingerprint density at radius 1 is 0.927 bits per heavy atom. The number of halogens is 1. The Balaban J connectivity index is 1.91. The number of para-hydroxylation sites is 1. The van der Waals surface area contributed by atoms with Gasteiger partial charge in [-0.15, -0.1) is 0 Å². The van der Waals surface area contributed by atoms with Gasteiger partial charge >= 0.3 is 0 Å². The molecule has 2 amide bonds. The van der Waals surface area contributed by atoms with E-state index >= 15 is 0 Å². The zero-order valence-corrected chi connectivity index (χ0v) is 25.2. The number of amides is 2. The summed E-state index contributed by atoms with van der Waals surface area (Å²) < 4.78 is 40.5. The van der Waals surface area contributed by atoms with Gasteiger partial charge in [0.05, 0.1) is 11.9 Å². The van der Waals surface area contributed by atoms with Crippen molar-refractivity contribution in [3.8, 4) is 0 Å². The highest BCUT2D eigenvalue weighted by atomic mass is 32.2. The molecule has 1 unspecified atom stereocenters. The maximum Gasteiger partial charge on any atom is 0.243 e. The molecule has 41 heavy (non-hydrogen) atoms. The highest BCUT2D eigenvalue weighted by Crippen LogP contribution is 2.23. The van der Waals surface area contributed by atoms with Gasteiger partial charge in [-0.25, -0.2) is 12.8 Å².